The predicted octanol–water partition coefficient (Wildman–Crippen LogP) is 0.346. The molecule has 1 atom stereocenters. The van der Waals surface area contributed by atoms with Crippen molar-refractivity contribution in [2.45, 2.75) is 6.42 Å². The number of amides is 3. The van der Waals surface area contributed by atoms with Crippen molar-refractivity contribution in [2.24, 2.45) is 5.92 Å². The molecular weight excluding hydrogens is 274 g/mol. The van der Waals surface area contributed by atoms with Crippen molar-refractivity contribution in [3.8, 4) is 0 Å². The van der Waals surface area contributed by atoms with Crippen LogP contribution in [0.25, 0.3) is 0 Å². The minimum atomic E-state index is -0.335. The molecule has 0 aliphatic carbocycles. The summed E-state index contributed by atoms with van der Waals surface area (Å²) in [6, 6.07) is 6.73. The quantitative estimate of drug-likeness (QED) is 0.729. The van der Waals surface area contributed by atoms with E-state index in [2.05, 4.69) is 16.0 Å². The molecule has 3 N–H and O–H groups in total. The Morgan fingerprint density at radius 3 is 2.38 bits per heavy atom. The zero-order chi connectivity index (χ0) is 15.2. The minimum absolute atomic E-state index is 0.0127. The summed E-state index contributed by atoms with van der Waals surface area (Å²) in [6.45, 7) is 0.358. The van der Waals surface area contributed by atoms with Gasteiger partial charge < -0.3 is 20.7 Å². The number of ether oxygens (including phenoxy) is 1. The zero-order valence-corrected chi connectivity index (χ0v) is 11.6. The lowest BCUT2D eigenvalue weighted by Gasteiger charge is -2.10. The summed E-state index contributed by atoms with van der Waals surface area (Å²) in [6.07, 6.45) is 0.219. The van der Waals surface area contributed by atoms with Gasteiger partial charge in [0.2, 0.25) is 17.7 Å². The Labute approximate surface area is 122 Å². The molecule has 7 heteroatoms. The summed E-state index contributed by atoms with van der Waals surface area (Å²) in [5, 5.41) is 8.01. The summed E-state index contributed by atoms with van der Waals surface area (Å²) < 4.78 is 4.72. The van der Waals surface area contributed by atoms with Crippen LogP contribution in [0.3, 0.4) is 0 Å². The van der Waals surface area contributed by atoms with Crippen molar-refractivity contribution in [1.82, 2.24) is 5.32 Å². The van der Waals surface area contributed by atoms with Crippen LogP contribution in [0, 0.1) is 5.92 Å². The van der Waals surface area contributed by atoms with Gasteiger partial charge in [-0.2, -0.15) is 0 Å². The SMILES string of the molecule is COCC(=O)Nc1ccc(NC(=O)C2CNC(=O)C2)cc1. The third kappa shape index (κ3) is 4.28. The van der Waals surface area contributed by atoms with Crippen LogP contribution in [0.1, 0.15) is 6.42 Å². The highest BCUT2D eigenvalue weighted by molar-refractivity contribution is 5.97. The highest BCUT2D eigenvalue weighted by atomic mass is 16.5. The molecule has 1 fully saturated rings. The van der Waals surface area contributed by atoms with E-state index in [1.165, 1.54) is 7.11 Å². The molecule has 1 aromatic carbocycles. The molecule has 0 spiro atoms. The first-order chi connectivity index (χ1) is 10.1. The van der Waals surface area contributed by atoms with Gasteiger partial charge in [-0.1, -0.05) is 0 Å². The van der Waals surface area contributed by atoms with E-state index >= 15 is 0 Å². The van der Waals surface area contributed by atoms with Gasteiger partial charge in [-0.25, -0.2) is 0 Å². The number of nitrogens with one attached hydrogen (secondary N) is 3. The van der Waals surface area contributed by atoms with Crippen molar-refractivity contribution < 1.29 is 19.1 Å². The number of methoxy groups -OCH3 is 1. The summed E-state index contributed by atoms with van der Waals surface area (Å²) in [5.41, 5.74) is 1.23. The molecule has 1 saturated heterocycles. The van der Waals surface area contributed by atoms with Gasteiger partial charge in [0.25, 0.3) is 0 Å². The molecule has 3 amide bonds. The van der Waals surface area contributed by atoms with E-state index < -0.39 is 0 Å². The van der Waals surface area contributed by atoms with Crippen molar-refractivity contribution >= 4 is 29.1 Å². The second-order valence-electron chi connectivity index (χ2n) is 4.75. The molecule has 21 heavy (non-hydrogen) atoms. The van der Waals surface area contributed by atoms with E-state index in [0.717, 1.165) is 0 Å². The van der Waals surface area contributed by atoms with Gasteiger partial charge in [-0.3, -0.25) is 14.4 Å². The van der Waals surface area contributed by atoms with Crippen LogP contribution < -0.4 is 16.0 Å². The number of benzene rings is 1. The molecule has 0 aromatic heterocycles. The lowest BCUT2D eigenvalue weighted by Crippen LogP contribution is -2.24. The van der Waals surface area contributed by atoms with Crippen molar-refractivity contribution in [1.29, 1.82) is 0 Å². The normalized spacial score (nSPS) is 17.2. The van der Waals surface area contributed by atoms with E-state index in [9.17, 15) is 14.4 Å². The molecule has 1 unspecified atom stereocenters. The average molecular weight is 291 g/mol. The van der Waals surface area contributed by atoms with Crippen molar-refractivity contribution in [3.63, 3.8) is 0 Å². The van der Waals surface area contributed by atoms with Gasteiger partial charge in [0.1, 0.15) is 6.61 Å². The Balaban J connectivity index is 1.88. The Kier molecular flexibility index (Phi) is 4.89. The average Bonchev–Trinajstić information content (AvgIpc) is 2.88. The van der Waals surface area contributed by atoms with Gasteiger partial charge in [-0.05, 0) is 24.3 Å². The van der Waals surface area contributed by atoms with E-state index in [1.54, 1.807) is 24.3 Å². The fourth-order valence-electron chi connectivity index (χ4n) is 2.00. The molecule has 112 valence electrons. The predicted molar refractivity (Wildman–Crippen MR) is 76.7 cm³/mol. The molecule has 2 rings (SSSR count). The van der Waals surface area contributed by atoms with Crippen LogP contribution in [0.4, 0.5) is 11.4 Å². The molecule has 7 nitrogen and oxygen atoms in total. The maximum absolute atomic E-state index is 11.9. The Morgan fingerprint density at radius 1 is 1.24 bits per heavy atom. The summed E-state index contributed by atoms with van der Waals surface area (Å²) >= 11 is 0. The Morgan fingerprint density at radius 2 is 1.86 bits per heavy atom. The van der Waals surface area contributed by atoms with Crippen LogP contribution in [-0.4, -0.2) is 38.0 Å². The highest BCUT2D eigenvalue weighted by Gasteiger charge is 2.27. The third-order valence-electron chi connectivity index (χ3n) is 3.06. The van der Waals surface area contributed by atoms with E-state index in [0.29, 0.717) is 17.9 Å². The molecule has 1 aliphatic rings. The Hall–Kier alpha value is -2.41. The lowest BCUT2D eigenvalue weighted by molar-refractivity contribution is -0.123. The highest BCUT2D eigenvalue weighted by Crippen LogP contribution is 2.16. The smallest absolute Gasteiger partial charge is 0.250 e. The number of hydrogen-bond acceptors (Lipinski definition) is 4. The molecule has 0 radical (unpaired) electrons. The number of hydrogen-bond donors (Lipinski definition) is 3. The van der Waals surface area contributed by atoms with Crippen LogP contribution >= 0.6 is 0 Å². The van der Waals surface area contributed by atoms with Gasteiger partial charge in [-0.15, -0.1) is 0 Å². The molecule has 1 aromatic rings. The fraction of sp³-hybridized carbons (Fsp3) is 0.357. The zero-order valence-electron chi connectivity index (χ0n) is 11.6. The molecule has 1 heterocycles. The van der Waals surface area contributed by atoms with Gasteiger partial charge in [0, 0.05) is 31.5 Å². The number of anilines is 2. The first-order valence-corrected chi connectivity index (χ1v) is 6.55. The van der Waals surface area contributed by atoms with Crippen molar-refractivity contribution in [3.05, 3.63) is 24.3 Å². The van der Waals surface area contributed by atoms with Crippen LogP contribution in [0.15, 0.2) is 24.3 Å². The Bertz CT molecular complexity index is 542. The van der Waals surface area contributed by atoms with Crippen LogP contribution in [-0.2, 0) is 19.1 Å². The third-order valence-corrected chi connectivity index (χ3v) is 3.06. The van der Waals surface area contributed by atoms with Crippen molar-refractivity contribution in [2.75, 3.05) is 30.9 Å². The minimum Gasteiger partial charge on any atom is -0.375 e. The first kappa shape index (κ1) is 15.0. The second kappa shape index (κ2) is 6.85. The first-order valence-electron chi connectivity index (χ1n) is 6.55. The van der Waals surface area contributed by atoms with Gasteiger partial charge in [0.15, 0.2) is 0 Å². The van der Waals surface area contributed by atoms with Gasteiger partial charge >= 0.3 is 0 Å². The van der Waals surface area contributed by atoms with E-state index in [4.69, 9.17) is 4.74 Å². The van der Waals surface area contributed by atoms with Crippen LogP contribution in [0.5, 0.6) is 0 Å². The molecular formula is C14H17N3O4. The van der Waals surface area contributed by atoms with E-state index in [-0.39, 0.29) is 36.7 Å². The number of rotatable bonds is 5. The number of carbonyl (C=O) groups is 3. The molecule has 1 aliphatic heterocycles. The maximum atomic E-state index is 11.9. The second-order valence-corrected chi connectivity index (χ2v) is 4.75. The summed E-state index contributed by atoms with van der Waals surface area (Å²) in [7, 11) is 1.45. The van der Waals surface area contributed by atoms with Crippen LogP contribution in [0.2, 0.25) is 0 Å². The summed E-state index contributed by atoms with van der Waals surface area (Å²) in [5.74, 6) is -0.876. The standard InChI is InChI=1S/C14H17N3O4/c1-21-8-13(19)16-10-2-4-11(5-3-10)17-14(20)9-6-12(18)15-7-9/h2-5,9H,6-8H2,1H3,(H,15,18)(H,16,19)(H,17,20). The summed E-state index contributed by atoms with van der Waals surface area (Å²) in [4.78, 5) is 34.3. The fourth-order valence-corrected chi connectivity index (χ4v) is 2.00. The molecule has 0 saturated carbocycles. The monoisotopic (exact) mass is 291 g/mol. The van der Waals surface area contributed by atoms with E-state index in [1.807, 2.05) is 0 Å². The largest absolute Gasteiger partial charge is 0.375 e. The maximum Gasteiger partial charge on any atom is 0.250 e. The topological polar surface area (TPSA) is 96.5 Å². The lowest BCUT2D eigenvalue weighted by atomic mass is 10.1. The van der Waals surface area contributed by atoms with Gasteiger partial charge in [0.05, 0.1) is 5.92 Å². The number of carbonyl (C=O) groups excluding carboxylic acids is 3. The molecule has 0 bridgehead atoms.